The summed E-state index contributed by atoms with van der Waals surface area (Å²) in [7, 11) is 0. The average molecular weight is 400 g/mol. The van der Waals surface area contributed by atoms with Crippen LogP contribution in [0, 0.1) is 5.92 Å². The number of carbonyl (C=O) groups is 2. The highest BCUT2D eigenvalue weighted by molar-refractivity contribution is 6.30. The van der Waals surface area contributed by atoms with Crippen LogP contribution < -0.4 is 5.32 Å². The van der Waals surface area contributed by atoms with Gasteiger partial charge in [-0.1, -0.05) is 11.6 Å². The fourth-order valence-corrected chi connectivity index (χ4v) is 3.72. The van der Waals surface area contributed by atoms with E-state index in [1.54, 1.807) is 24.3 Å². The van der Waals surface area contributed by atoms with Gasteiger partial charge in [0.25, 0.3) is 5.91 Å². The predicted molar refractivity (Wildman–Crippen MR) is 106 cm³/mol. The van der Waals surface area contributed by atoms with Gasteiger partial charge in [0.2, 0.25) is 5.91 Å². The van der Waals surface area contributed by atoms with Gasteiger partial charge >= 0.3 is 0 Å². The lowest BCUT2D eigenvalue weighted by atomic mass is 10.0. The number of hydrogen-bond acceptors (Lipinski definition) is 3. The van der Waals surface area contributed by atoms with Crippen LogP contribution in [-0.2, 0) is 4.79 Å². The summed E-state index contributed by atoms with van der Waals surface area (Å²) < 4.78 is 0. The van der Waals surface area contributed by atoms with Crippen LogP contribution in [0.2, 0.25) is 5.02 Å². The van der Waals surface area contributed by atoms with Crippen LogP contribution in [0.5, 0.6) is 0 Å². The maximum absolute atomic E-state index is 12.6. The molecule has 2 aliphatic rings. The third-order valence-corrected chi connectivity index (χ3v) is 5.41. The number of carbonyl (C=O) groups excluding carboxylic acids is 2. The number of rotatable bonds is 4. The van der Waals surface area contributed by atoms with Crippen LogP contribution in [0.25, 0.3) is 0 Å². The van der Waals surface area contributed by atoms with Crippen LogP contribution in [-0.4, -0.2) is 60.9 Å². The molecule has 2 amide bonds. The van der Waals surface area contributed by atoms with E-state index < -0.39 is 0 Å². The van der Waals surface area contributed by atoms with Gasteiger partial charge in [-0.15, -0.1) is 12.4 Å². The molecule has 26 heavy (non-hydrogen) atoms. The monoisotopic (exact) mass is 399 g/mol. The molecule has 3 rings (SSSR count). The Morgan fingerprint density at radius 1 is 1.08 bits per heavy atom. The number of amides is 2. The summed E-state index contributed by atoms with van der Waals surface area (Å²) in [6.07, 6.45) is 3.60. The molecule has 2 heterocycles. The smallest absolute Gasteiger partial charge is 0.253 e. The summed E-state index contributed by atoms with van der Waals surface area (Å²) >= 11 is 5.89. The number of nitrogens with one attached hydrogen (secondary N) is 1. The van der Waals surface area contributed by atoms with Crippen molar-refractivity contribution in [2.75, 3.05) is 39.3 Å². The zero-order valence-corrected chi connectivity index (χ0v) is 16.5. The molecule has 1 atom stereocenters. The summed E-state index contributed by atoms with van der Waals surface area (Å²) in [5.74, 6) is 0.884. The van der Waals surface area contributed by atoms with Crippen LogP contribution in [0.4, 0.5) is 0 Å². The molecule has 2 saturated heterocycles. The molecule has 0 saturated carbocycles. The Morgan fingerprint density at radius 3 is 2.46 bits per heavy atom. The van der Waals surface area contributed by atoms with Crippen molar-refractivity contribution in [2.45, 2.75) is 25.7 Å². The molecule has 1 N–H and O–H groups in total. The molecule has 7 heteroatoms. The number of halogens is 2. The fraction of sp³-hybridized carbons (Fsp3) is 0.579. The van der Waals surface area contributed by atoms with E-state index in [1.165, 1.54) is 6.42 Å². The molecule has 0 bridgehead atoms. The molecule has 1 aromatic carbocycles. The van der Waals surface area contributed by atoms with Gasteiger partial charge in [0, 0.05) is 43.2 Å². The molecule has 1 unspecified atom stereocenters. The fourth-order valence-electron chi connectivity index (χ4n) is 3.59. The van der Waals surface area contributed by atoms with Crippen molar-refractivity contribution in [1.29, 1.82) is 0 Å². The Balaban J connectivity index is 0.00000243. The second kappa shape index (κ2) is 10.1. The summed E-state index contributed by atoms with van der Waals surface area (Å²) in [6.45, 7) is 4.77. The van der Waals surface area contributed by atoms with E-state index in [4.69, 9.17) is 11.6 Å². The second-order valence-electron chi connectivity index (χ2n) is 6.93. The second-order valence-corrected chi connectivity index (χ2v) is 7.37. The zero-order valence-electron chi connectivity index (χ0n) is 15.0. The highest BCUT2D eigenvalue weighted by Gasteiger charge is 2.23. The van der Waals surface area contributed by atoms with Gasteiger partial charge < -0.3 is 15.1 Å². The van der Waals surface area contributed by atoms with E-state index in [-0.39, 0.29) is 24.2 Å². The molecule has 0 aliphatic carbocycles. The molecule has 0 spiro atoms. The van der Waals surface area contributed by atoms with Gasteiger partial charge in [-0.2, -0.15) is 0 Å². The van der Waals surface area contributed by atoms with Gasteiger partial charge in [-0.3, -0.25) is 9.59 Å². The molecule has 1 aromatic rings. The number of benzene rings is 1. The Kier molecular flexibility index (Phi) is 8.19. The van der Waals surface area contributed by atoms with Crippen LogP contribution in [0.15, 0.2) is 24.3 Å². The zero-order chi connectivity index (χ0) is 17.6. The quantitative estimate of drug-likeness (QED) is 0.846. The summed E-state index contributed by atoms with van der Waals surface area (Å²) in [6, 6.07) is 6.99. The molecule has 2 fully saturated rings. The normalized spacial score (nSPS) is 20.4. The third-order valence-electron chi connectivity index (χ3n) is 5.16. The van der Waals surface area contributed by atoms with E-state index in [1.807, 2.05) is 9.80 Å². The number of nitrogens with zero attached hydrogens (tertiary/aromatic N) is 2. The summed E-state index contributed by atoms with van der Waals surface area (Å²) in [4.78, 5) is 28.9. The highest BCUT2D eigenvalue weighted by Crippen LogP contribution is 2.17. The lowest BCUT2D eigenvalue weighted by Gasteiger charge is -2.22. The highest BCUT2D eigenvalue weighted by atomic mass is 35.5. The van der Waals surface area contributed by atoms with Crippen LogP contribution in [0.1, 0.15) is 36.0 Å². The van der Waals surface area contributed by atoms with Crippen molar-refractivity contribution in [3.05, 3.63) is 34.9 Å². The summed E-state index contributed by atoms with van der Waals surface area (Å²) in [5, 5.41) is 3.97. The van der Waals surface area contributed by atoms with Crippen molar-refractivity contribution in [3.63, 3.8) is 0 Å². The minimum absolute atomic E-state index is 0. The molecule has 0 aromatic heterocycles. The maximum Gasteiger partial charge on any atom is 0.253 e. The largest absolute Gasteiger partial charge is 0.341 e. The van der Waals surface area contributed by atoms with Gasteiger partial charge in [-0.05, 0) is 62.5 Å². The minimum atomic E-state index is 0. The predicted octanol–water partition coefficient (Wildman–Crippen LogP) is 2.83. The SMILES string of the molecule is Cl.O=C(CCC1CCNC1)N1CCCN(C(=O)c2ccc(Cl)cc2)CC1. The van der Waals surface area contributed by atoms with E-state index in [0.29, 0.717) is 42.6 Å². The molecule has 144 valence electrons. The van der Waals surface area contributed by atoms with Crippen molar-refractivity contribution < 1.29 is 9.59 Å². The first-order chi connectivity index (χ1) is 12.1. The minimum Gasteiger partial charge on any atom is -0.341 e. The lowest BCUT2D eigenvalue weighted by Crippen LogP contribution is -2.37. The van der Waals surface area contributed by atoms with Gasteiger partial charge in [0.15, 0.2) is 0 Å². The molecule has 0 radical (unpaired) electrons. The Morgan fingerprint density at radius 2 is 1.77 bits per heavy atom. The Labute approximate surface area is 166 Å². The average Bonchev–Trinajstić information content (AvgIpc) is 3.02. The standard InChI is InChI=1S/C19H26ClN3O2.ClH/c20-17-5-3-16(4-6-17)19(25)23-11-1-10-22(12-13-23)18(24)7-2-15-8-9-21-14-15;/h3-6,15,21H,1-2,7-14H2;1H. The Hall–Kier alpha value is -1.30. The Bertz CT molecular complexity index is 603. The first kappa shape index (κ1) is 21.0. The summed E-state index contributed by atoms with van der Waals surface area (Å²) in [5.41, 5.74) is 0.651. The van der Waals surface area contributed by atoms with E-state index in [0.717, 1.165) is 32.5 Å². The van der Waals surface area contributed by atoms with Crippen molar-refractivity contribution in [1.82, 2.24) is 15.1 Å². The van der Waals surface area contributed by atoms with Gasteiger partial charge in [-0.25, -0.2) is 0 Å². The maximum atomic E-state index is 12.6. The van der Waals surface area contributed by atoms with E-state index in [9.17, 15) is 9.59 Å². The van der Waals surface area contributed by atoms with Gasteiger partial charge in [0.1, 0.15) is 0 Å². The topological polar surface area (TPSA) is 52.7 Å². The molecule has 2 aliphatic heterocycles. The van der Waals surface area contributed by atoms with E-state index in [2.05, 4.69) is 5.32 Å². The molecular weight excluding hydrogens is 373 g/mol. The van der Waals surface area contributed by atoms with Crippen LogP contribution >= 0.6 is 24.0 Å². The lowest BCUT2D eigenvalue weighted by molar-refractivity contribution is -0.131. The van der Waals surface area contributed by atoms with Crippen molar-refractivity contribution >= 4 is 35.8 Å². The van der Waals surface area contributed by atoms with E-state index >= 15 is 0 Å². The third kappa shape index (κ3) is 5.60. The first-order valence-corrected chi connectivity index (χ1v) is 9.54. The van der Waals surface area contributed by atoms with Gasteiger partial charge in [0.05, 0.1) is 0 Å². The number of hydrogen-bond donors (Lipinski definition) is 1. The van der Waals surface area contributed by atoms with Crippen LogP contribution in [0.3, 0.4) is 0 Å². The van der Waals surface area contributed by atoms with Crippen molar-refractivity contribution in [3.8, 4) is 0 Å². The van der Waals surface area contributed by atoms with Crippen molar-refractivity contribution in [2.24, 2.45) is 5.92 Å². The molecule has 5 nitrogen and oxygen atoms in total. The first-order valence-electron chi connectivity index (χ1n) is 9.17. The molecular formula is C19H27Cl2N3O2.